The van der Waals surface area contributed by atoms with Crippen LogP contribution in [-0.4, -0.2) is 39.3 Å². The number of aliphatic imine (C=N–C) groups is 1. The van der Waals surface area contributed by atoms with Crippen LogP contribution in [0, 0.1) is 5.82 Å². The second kappa shape index (κ2) is 6.43. The number of aromatic nitrogens is 2. The second-order valence-electron chi connectivity index (χ2n) is 6.15. The van der Waals surface area contributed by atoms with Gasteiger partial charge < -0.3 is 21.1 Å². The van der Waals surface area contributed by atoms with Crippen molar-refractivity contribution in [2.45, 2.75) is 5.54 Å². The molecule has 6 N–H and O–H groups in total. The number of nitrogens with two attached hydrogens (primary N) is 1. The van der Waals surface area contributed by atoms with Crippen LogP contribution in [0.15, 0.2) is 47.5 Å². The number of anilines is 1. The number of hydrogen-bond acceptors (Lipinski definition) is 6. The highest BCUT2D eigenvalue weighted by Gasteiger charge is 2.52. The van der Waals surface area contributed by atoms with Gasteiger partial charge in [-0.25, -0.2) is 9.37 Å². The molecule has 2 amide bonds. The number of nitrogens with one attached hydrogen (secondary N) is 3. The van der Waals surface area contributed by atoms with Gasteiger partial charge in [-0.3, -0.25) is 19.9 Å². The van der Waals surface area contributed by atoms with Crippen LogP contribution in [0.3, 0.4) is 0 Å². The molecule has 9 nitrogen and oxygen atoms in total. The van der Waals surface area contributed by atoms with E-state index in [0.29, 0.717) is 11.0 Å². The summed E-state index contributed by atoms with van der Waals surface area (Å²) >= 11 is 0. The molecule has 0 fully saturated rings. The number of phenolic OH excluding ortho intramolecular Hbond substituents is 1. The van der Waals surface area contributed by atoms with Gasteiger partial charge in [-0.15, -0.1) is 0 Å². The van der Waals surface area contributed by atoms with Crippen molar-refractivity contribution in [3.63, 3.8) is 0 Å². The minimum atomic E-state index is -1.83. The first-order valence-corrected chi connectivity index (χ1v) is 8.27. The fourth-order valence-corrected chi connectivity index (χ4v) is 3.14. The van der Waals surface area contributed by atoms with Crippen molar-refractivity contribution < 1.29 is 19.1 Å². The van der Waals surface area contributed by atoms with E-state index in [1.165, 1.54) is 12.1 Å². The summed E-state index contributed by atoms with van der Waals surface area (Å²) in [6.07, 6.45) is 0. The Morgan fingerprint density at radius 3 is 2.71 bits per heavy atom. The number of aromatic hydroxyl groups is 1. The number of aromatic amines is 1. The van der Waals surface area contributed by atoms with Crippen LogP contribution in [0.1, 0.15) is 5.82 Å². The predicted octanol–water partition coefficient (Wildman–Crippen LogP) is 0.729. The molecule has 0 saturated heterocycles. The summed E-state index contributed by atoms with van der Waals surface area (Å²) in [4.78, 5) is 36.6. The van der Waals surface area contributed by atoms with Crippen LogP contribution in [0.5, 0.6) is 5.75 Å². The molecular formula is C18H15FN6O3. The Bertz CT molecular complexity index is 1090. The van der Waals surface area contributed by atoms with E-state index in [0.717, 1.165) is 6.07 Å². The first kappa shape index (κ1) is 17.6. The van der Waals surface area contributed by atoms with Crippen molar-refractivity contribution in [3.8, 4) is 5.75 Å². The van der Waals surface area contributed by atoms with Crippen LogP contribution in [-0.2, 0) is 15.1 Å². The lowest BCUT2D eigenvalue weighted by atomic mass is 9.91. The third-order valence-corrected chi connectivity index (χ3v) is 4.50. The van der Waals surface area contributed by atoms with Gasteiger partial charge in [-0.05, 0) is 24.3 Å². The fraction of sp³-hybridized carbons (Fsp3) is 0.111. The molecule has 1 atom stereocenters. The van der Waals surface area contributed by atoms with Crippen LogP contribution < -0.4 is 16.4 Å². The molecule has 1 aliphatic heterocycles. The number of amides is 2. The number of imidazole rings is 1. The van der Waals surface area contributed by atoms with Gasteiger partial charge in [-0.2, -0.15) is 0 Å². The fourth-order valence-electron chi connectivity index (χ4n) is 3.14. The summed E-state index contributed by atoms with van der Waals surface area (Å²) in [5.74, 6) is -3.02. The predicted molar refractivity (Wildman–Crippen MR) is 99.1 cm³/mol. The molecule has 0 bridgehead atoms. The molecule has 0 spiro atoms. The van der Waals surface area contributed by atoms with Crippen molar-refractivity contribution in [2.24, 2.45) is 10.7 Å². The molecule has 0 saturated carbocycles. The Morgan fingerprint density at radius 2 is 2.00 bits per heavy atom. The van der Waals surface area contributed by atoms with Crippen molar-refractivity contribution in [2.75, 3.05) is 12.0 Å². The second-order valence-corrected chi connectivity index (χ2v) is 6.15. The number of primary amides is 1. The molecular weight excluding hydrogens is 367 g/mol. The number of fused-ring (bicyclic) bond motifs is 1. The highest BCUT2D eigenvalue weighted by atomic mass is 19.1. The van der Waals surface area contributed by atoms with Gasteiger partial charge in [0.25, 0.3) is 11.8 Å². The molecule has 142 valence electrons. The summed E-state index contributed by atoms with van der Waals surface area (Å²) in [5.41, 5.74) is 4.28. The van der Waals surface area contributed by atoms with E-state index in [1.807, 2.05) is 0 Å². The number of H-pyrrole nitrogens is 1. The molecule has 28 heavy (non-hydrogen) atoms. The van der Waals surface area contributed by atoms with E-state index in [4.69, 9.17) is 5.73 Å². The van der Waals surface area contributed by atoms with Gasteiger partial charge in [0.05, 0.1) is 17.7 Å². The third-order valence-electron chi connectivity index (χ3n) is 4.50. The smallest absolute Gasteiger partial charge is 0.272 e. The average Bonchev–Trinajstić information content (AvgIpc) is 3.29. The molecule has 4 rings (SSSR count). The first-order chi connectivity index (χ1) is 13.4. The number of halogens is 1. The van der Waals surface area contributed by atoms with Gasteiger partial charge >= 0.3 is 0 Å². The number of nitrogens with zero attached hydrogens (tertiary/aromatic N) is 2. The Hall–Kier alpha value is -3.79. The van der Waals surface area contributed by atoms with Gasteiger partial charge in [0.2, 0.25) is 5.54 Å². The summed E-state index contributed by atoms with van der Waals surface area (Å²) < 4.78 is 14.0. The summed E-state index contributed by atoms with van der Waals surface area (Å²) in [7, 11) is 0. The maximum Gasteiger partial charge on any atom is 0.272 e. The number of carbonyl (C=O) groups is 2. The SMILES string of the molecule is NC(=O)C1(c2nc3ccccc3[nH]2)NCN=C1C(=O)Nc1c(O)cccc1F. The van der Waals surface area contributed by atoms with E-state index in [2.05, 4.69) is 25.6 Å². The third kappa shape index (κ3) is 2.58. The Kier molecular flexibility index (Phi) is 4.04. The van der Waals surface area contributed by atoms with E-state index in [-0.39, 0.29) is 18.2 Å². The zero-order valence-corrected chi connectivity index (χ0v) is 14.4. The minimum absolute atomic E-state index is 0.0774. The molecule has 0 radical (unpaired) electrons. The molecule has 2 aromatic carbocycles. The van der Waals surface area contributed by atoms with Crippen LogP contribution in [0.4, 0.5) is 10.1 Å². The van der Waals surface area contributed by atoms with Crippen molar-refractivity contribution in [3.05, 3.63) is 54.1 Å². The normalized spacial score (nSPS) is 18.8. The molecule has 3 aromatic rings. The number of phenols is 1. The number of benzene rings is 2. The van der Waals surface area contributed by atoms with Crippen molar-refractivity contribution >= 4 is 34.2 Å². The molecule has 1 aliphatic rings. The average molecular weight is 382 g/mol. The van der Waals surface area contributed by atoms with E-state index < -0.39 is 34.6 Å². The van der Waals surface area contributed by atoms with Crippen LogP contribution in [0.25, 0.3) is 11.0 Å². The summed E-state index contributed by atoms with van der Waals surface area (Å²) in [6.45, 7) is -0.0774. The highest BCUT2D eigenvalue weighted by molar-refractivity contribution is 6.50. The molecule has 0 aliphatic carbocycles. The summed E-state index contributed by atoms with van der Waals surface area (Å²) in [6, 6.07) is 10.6. The number of rotatable bonds is 4. The Labute approximate surface area is 157 Å². The lowest BCUT2D eigenvalue weighted by Gasteiger charge is -2.25. The summed E-state index contributed by atoms with van der Waals surface area (Å²) in [5, 5.41) is 14.9. The van der Waals surface area contributed by atoms with Gasteiger partial charge in [0, 0.05) is 0 Å². The number of hydrogen-bond donors (Lipinski definition) is 5. The lowest BCUT2D eigenvalue weighted by Crippen LogP contribution is -2.58. The standard InChI is InChI=1S/C18H15FN6O3/c19-9-4-3-7-12(26)13(9)25-15(27)14-18(16(20)28,22-8-21-14)17-23-10-5-1-2-6-11(10)24-17/h1-7,22,26H,8H2,(H2,20,28)(H,23,24)(H,25,27). The van der Waals surface area contributed by atoms with Gasteiger partial charge in [0.1, 0.15) is 23.0 Å². The zero-order chi connectivity index (χ0) is 19.9. The lowest BCUT2D eigenvalue weighted by molar-refractivity contribution is -0.123. The maximum atomic E-state index is 14.0. The van der Waals surface area contributed by atoms with Gasteiger partial charge in [0.15, 0.2) is 5.82 Å². The number of carbonyl (C=O) groups excluding carboxylic acids is 2. The number of para-hydroxylation sites is 3. The quantitative estimate of drug-likeness (QED) is 0.422. The van der Waals surface area contributed by atoms with E-state index in [1.54, 1.807) is 24.3 Å². The van der Waals surface area contributed by atoms with Gasteiger partial charge in [-0.1, -0.05) is 18.2 Å². The molecule has 10 heteroatoms. The Morgan fingerprint density at radius 1 is 1.21 bits per heavy atom. The van der Waals surface area contributed by atoms with Crippen molar-refractivity contribution in [1.82, 2.24) is 15.3 Å². The maximum absolute atomic E-state index is 14.0. The van der Waals surface area contributed by atoms with Crippen LogP contribution in [0.2, 0.25) is 0 Å². The first-order valence-electron chi connectivity index (χ1n) is 8.27. The Balaban J connectivity index is 1.77. The molecule has 1 unspecified atom stereocenters. The van der Waals surface area contributed by atoms with Crippen molar-refractivity contribution in [1.29, 1.82) is 0 Å². The highest BCUT2D eigenvalue weighted by Crippen LogP contribution is 2.30. The topological polar surface area (TPSA) is 145 Å². The van der Waals surface area contributed by atoms with Crippen LogP contribution >= 0.6 is 0 Å². The zero-order valence-electron chi connectivity index (χ0n) is 14.4. The molecule has 1 aromatic heterocycles. The van der Waals surface area contributed by atoms with E-state index >= 15 is 0 Å². The monoisotopic (exact) mass is 382 g/mol. The minimum Gasteiger partial charge on any atom is -0.506 e. The molecule has 2 heterocycles. The van der Waals surface area contributed by atoms with E-state index in [9.17, 15) is 19.1 Å². The largest absolute Gasteiger partial charge is 0.506 e.